The Morgan fingerprint density at radius 1 is 0.944 bits per heavy atom. The van der Waals surface area contributed by atoms with Crippen LogP contribution in [0.4, 0.5) is 13.2 Å². The van der Waals surface area contributed by atoms with Gasteiger partial charge >= 0.3 is 6.18 Å². The van der Waals surface area contributed by atoms with Gasteiger partial charge in [0.25, 0.3) is 5.79 Å². The van der Waals surface area contributed by atoms with Crippen molar-refractivity contribution < 1.29 is 23.0 Å². The van der Waals surface area contributed by atoms with E-state index >= 15 is 0 Å². The average Bonchev–Trinajstić information content (AvgIpc) is 2.21. The van der Waals surface area contributed by atoms with Gasteiger partial charge < -0.3 is 9.84 Å². The molecule has 5 heteroatoms. The van der Waals surface area contributed by atoms with Crippen molar-refractivity contribution in [2.75, 3.05) is 0 Å². The van der Waals surface area contributed by atoms with Crippen molar-refractivity contribution >= 4 is 0 Å². The number of ether oxygens (including phenoxy) is 1. The molecule has 0 radical (unpaired) electrons. The van der Waals surface area contributed by atoms with Crippen molar-refractivity contribution in [3.63, 3.8) is 0 Å². The first kappa shape index (κ1) is 17.7. The minimum atomic E-state index is -4.77. The smallest absolute Gasteiger partial charge is 0.359 e. The summed E-state index contributed by atoms with van der Waals surface area (Å²) >= 11 is 0. The molecule has 0 aromatic rings. The van der Waals surface area contributed by atoms with Crippen LogP contribution >= 0.6 is 0 Å². The van der Waals surface area contributed by atoms with Crippen molar-refractivity contribution in [2.24, 2.45) is 0 Å². The quantitative estimate of drug-likeness (QED) is 0.662. The van der Waals surface area contributed by atoms with Gasteiger partial charge in [0.1, 0.15) is 0 Å². The van der Waals surface area contributed by atoms with Gasteiger partial charge in [0.05, 0.1) is 5.60 Å². The molecule has 0 amide bonds. The minimum absolute atomic E-state index is 0.524. The monoisotopic (exact) mass is 270 g/mol. The molecule has 0 heterocycles. The fourth-order valence-electron chi connectivity index (χ4n) is 1.87. The molecule has 0 saturated heterocycles. The van der Waals surface area contributed by atoms with Crippen LogP contribution in [0.3, 0.4) is 0 Å². The van der Waals surface area contributed by atoms with Crippen molar-refractivity contribution in [3.05, 3.63) is 0 Å². The molecule has 110 valence electrons. The number of hydrogen-bond donors (Lipinski definition) is 1. The fraction of sp³-hybridized carbons (Fsp3) is 1.00. The lowest BCUT2D eigenvalue weighted by molar-refractivity contribution is -0.384. The lowest BCUT2D eigenvalue weighted by atomic mass is 9.92. The van der Waals surface area contributed by atoms with Gasteiger partial charge in [-0.1, -0.05) is 39.5 Å². The van der Waals surface area contributed by atoms with Crippen LogP contribution < -0.4 is 0 Å². The van der Waals surface area contributed by atoms with E-state index < -0.39 is 17.6 Å². The molecule has 1 atom stereocenters. The summed E-state index contributed by atoms with van der Waals surface area (Å²) in [7, 11) is 0. The Labute approximate surface area is 108 Å². The van der Waals surface area contributed by atoms with E-state index in [9.17, 15) is 18.3 Å². The first-order valence-corrected chi connectivity index (χ1v) is 6.57. The summed E-state index contributed by atoms with van der Waals surface area (Å²) in [6.45, 7) is 6.27. The van der Waals surface area contributed by atoms with Crippen molar-refractivity contribution in [1.29, 1.82) is 0 Å². The SMILES string of the molecule is CCCCC(C)(CCCC)OC(C)(O)C(F)(F)F. The standard InChI is InChI=1S/C13H25F3O2/c1-5-7-9-11(3,10-8-6-2)18-12(4,17)13(14,15)16/h17H,5-10H2,1-4H3. The lowest BCUT2D eigenvalue weighted by Gasteiger charge is -2.38. The maximum atomic E-state index is 12.6. The second kappa shape index (κ2) is 6.75. The first-order chi connectivity index (χ1) is 8.08. The van der Waals surface area contributed by atoms with Crippen LogP contribution in [0.2, 0.25) is 0 Å². The molecule has 0 aliphatic heterocycles. The molecule has 0 bridgehead atoms. The molecule has 0 rings (SSSR count). The van der Waals surface area contributed by atoms with Gasteiger partial charge in [-0.15, -0.1) is 0 Å². The molecule has 0 aliphatic carbocycles. The third-order valence-corrected chi connectivity index (χ3v) is 3.09. The lowest BCUT2D eigenvalue weighted by Crippen LogP contribution is -2.50. The van der Waals surface area contributed by atoms with Gasteiger partial charge in [-0.3, -0.25) is 0 Å². The van der Waals surface area contributed by atoms with Gasteiger partial charge in [-0.25, -0.2) is 0 Å². The van der Waals surface area contributed by atoms with Gasteiger partial charge in [-0.2, -0.15) is 13.2 Å². The number of unbranched alkanes of at least 4 members (excludes halogenated alkanes) is 2. The molecule has 0 spiro atoms. The summed E-state index contributed by atoms with van der Waals surface area (Å²) in [4.78, 5) is 0. The molecule has 0 fully saturated rings. The number of hydrogen-bond acceptors (Lipinski definition) is 2. The summed E-state index contributed by atoms with van der Waals surface area (Å²) < 4.78 is 42.9. The molecule has 1 unspecified atom stereocenters. The topological polar surface area (TPSA) is 29.5 Å². The highest BCUT2D eigenvalue weighted by Gasteiger charge is 2.54. The third kappa shape index (κ3) is 5.57. The Bertz CT molecular complexity index is 229. The molecule has 1 N–H and O–H groups in total. The van der Waals surface area contributed by atoms with Crippen LogP contribution in [0.1, 0.15) is 66.2 Å². The van der Waals surface area contributed by atoms with Crippen LogP contribution in [0.5, 0.6) is 0 Å². The van der Waals surface area contributed by atoms with Crippen LogP contribution in [0.25, 0.3) is 0 Å². The highest BCUT2D eigenvalue weighted by atomic mass is 19.4. The zero-order valence-electron chi connectivity index (χ0n) is 11.7. The molecule has 2 nitrogen and oxygen atoms in total. The predicted octanol–water partition coefficient (Wildman–Crippen LogP) is 4.41. The van der Waals surface area contributed by atoms with Crippen molar-refractivity contribution in [2.45, 2.75) is 83.8 Å². The van der Waals surface area contributed by atoms with Gasteiger partial charge in [-0.05, 0) is 26.7 Å². The molecule has 18 heavy (non-hydrogen) atoms. The summed E-state index contributed by atoms with van der Waals surface area (Å²) in [6.07, 6.45) is -0.376. The van der Waals surface area contributed by atoms with E-state index in [-0.39, 0.29) is 0 Å². The summed E-state index contributed by atoms with van der Waals surface area (Å²) in [5, 5.41) is 9.44. The number of alkyl halides is 3. The largest absolute Gasteiger partial charge is 0.442 e. The van der Waals surface area contributed by atoms with Crippen molar-refractivity contribution in [3.8, 4) is 0 Å². The van der Waals surface area contributed by atoms with Crippen LogP contribution in [0.15, 0.2) is 0 Å². The Balaban J connectivity index is 4.76. The summed E-state index contributed by atoms with van der Waals surface area (Å²) in [6, 6.07) is 0. The molecule has 0 aliphatic rings. The van der Waals surface area contributed by atoms with E-state index in [2.05, 4.69) is 0 Å². The van der Waals surface area contributed by atoms with E-state index in [1.54, 1.807) is 6.92 Å². The van der Waals surface area contributed by atoms with Crippen molar-refractivity contribution in [1.82, 2.24) is 0 Å². The zero-order valence-corrected chi connectivity index (χ0v) is 11.7. The summed E-state index contributed by atoms with van der Waals surface area (Å²) in [5.41, 5.74) is -0.926. The van der Waals surface area contributed by atoms with E-state index in [1.165, 1.54) is 0 Å². The second-order valence-electron chi connectivity index (χ2n) is 5.24. The Hall–Kier alpha value is -0.290. The molecule has 0 aromatic carbocycles. The summed E-state index contributed by atoms with van der Waals surface area (Å²) in [5.74, 6) is -3.08. The fourth-order valence-corrected chi connectivity index (χ4v) is 1.87. The van der Waals surface area contributed by atoms with Gasteiger partial charge in [0.15, 0.2) is 0 Å². The van der Waals surface area contributed by atoms with E-state index in [1.807, 2.05) is 13.8 Å². The second-order valence-corrected chi connectivity index (χ2v) is 5.24. The number of rotatable bonds is 8. The Morgan fingerprint density at radius 3 is 1.61 bits per heavy atom. The molecule has 0 saturated carbocycles. The van der Waals surface area contributed by atoms with E-state index in [0.29, 0.717) is 19.8 Å². The maximum Gasteiger partial charge on any atom is 0.442 e. The van der Waals surface area contributed by atoms with Crippen LogP contribution in [-0.4, -0.2) is 22.7 Å². The van der Waals surface area contributed by atoms with Crippen LogP contribution in [0, 0.1) is 0 Å². The highest BCUT2D eigenvalue weighted by molar-refractivity contribution is 4.81. The maximum absolute atomic E-state index is 12.6. The predicted molar refractivity (Wildman–Crippen MR) is 65.2 cm³/mol. The first-order valence-electron chi connectivity index (χ1n) is 6.57. The zero-order chi connectivity index (χ0) is 14.4. The normalized spacial score (nSPS) is 16.7. The van der Waals surface area contributed by atoms with Gasteiger partial charge in [0.2, 0.25) is 0 Å². The Morgan fingerprint density at radius 2 is 1.33 bits per heavy atom. The highest BCUT2D eigenvalue weighted by Crippen LogP contribution is 2.38. The average molecular weight is 270 g/mol. The molecular weight excluding hydrogens is 245 g/mol. The number of halogens is 3. The van der Waals surface area contributed by atoms with E-state index in [0.717, 1.165) is 25.7 Å². The van der Waals surface area contributed by atoms with E-state index in [4.69, 9.17) is 4.74 Å². The molecular formula is C13H25F3O2. The third-order valence-electron chi connectivity index (χ3n) is 3.09. The van der Waals surface area contributed by atoms with Gasteiger partial charge in [0, 0.05) is 0 Å². The Kier molecular flexibility index (Phi) is 6.65. The minimum Gasteiger partial charge on any atom is -0.359 e. The molecule has 0 aromatic heterocycles. The van der Waals surface area contributed by atoms with Crippen LogP contribution in [-0.2, 0) is 4.74 Å². The number of aliphatic hydroxyl groups is 1.